The van der Waals surface area contributed by atoms with Gasteiger partial charge in [-0.05, 0) is 13.8 Å². The summed E-state index contributed by atoms with van der Waals surface area (Å²) in [6, 6.07) is 0. The number of alkyl halides is 2. The summed E-state index contributed by atoms with van der Waals surface area (Å²) in [5.41, 5.74) is 0. The highest BCUT2D eigenvalue weighted by Gasteiger charge is 2.40. The Balaban J connectivity index is 3.87. The normalized spacial score (nSPS) is 12.0. The molecule has 5 heteroatoms. The van der Waals surface area contributed by atoms with Crippen molar-refractivity contribution in [2.75, 3.05) is 19.8 Å². The van der Waals surface area contributed by atoms with E-state index in [0.29, 0.717) is 0 Å². The maximum atomic E-state index is 12.8. The zero-order valence-corrected chi connectivity index (χ0v) is 8.26. The third-order valence-electron chi connectivity index (χ3n) is 1.31. The van der Waals surface area contributed by atoms with E-state index < -0.39 is 18.5 Å². The van der Waals surface area contributed by atoms with Gasteiger partial charge in [-0.15, -0.1) is 0 Å². The van der Waals surface area contributed by atoms with Crippen molar-refractivity contribution in [1.29, 1.82) is 0 Å². The number of allylic oxidation sites excluding steroid dienone is 1. The second-order valence-corrected chi connectivity index (χ2v) is 2.51. The molecule has 0 amide bonds. The maximum Gasteiger partial charge on any atom is 0.379 e. The van der Waals surface area contributed by atoms with E-state index in [2.05, 4.69) is 9.47 Å². The minimum Gasteiger partial charge on any atom is -0.461 e. The second-order valence-electron chi connectivity index (χ2n) is 2.51. The van der Waals surface area contributed by atoms with Crippen LogP contribution in [0.3, 0.4) is 0 Å². The van der Waals surface area contributed by atoms with Gasteiger partial charge < -0.3 is 9.47 Å². The van der Waals surface area contributed by atoms with Gasteiger partial charge in [-0.25, -0.2) is 4.79 Å². The summed E-state index contributed by atoms with van der Waals surface area (Å²) in [7, 11) is 0. The molecule has 0 rings (SSSR count). The SMILES string of the molecule is C/C=C/COCC(F)(F)C(=O)OCC. The molecular formula is C9H14F2O3. The summed E-state index contributed by atoms with van der Waals surface area (Å²) in [6.07, 6.45) is 3.24. The Labute approximate surface area is 81.7 Å². The number of carbonyl (C=O) groups excluding carboxylic acids is 1. The molecule has 0 aromatic heterocycles. The Morgan fingerprint density at radius 2 is 2.14 bits per heavy atom. The molecule has 0 fully saturated rings. The molecule has 0 aliphatic rings. The van der Waals surface area contributed by atoms with Crippen LogP contribution in [0, 0.1) is 0 Å². The molecule has 3 nitrogen and oxygen atoms in total. The van der Waals surface area contributed by atoms with E-state index >= 15 is 0 Å². The largest absolute Gasteiger partial charge is 0.461 e. The number of ether oxygens (including phenoxy) is 2. The topological polar surface area (TPSA) is 35.5 Å². The molecule has 0 radical (unpaired) electrons. The minimum absolute atomic E-state index is 0.0610. The molecule has 82 valence electrons. The number of hydrogen-bond acceptors (Lipinski definition) is 3. The first-order valence-corrected chi connectivity index (χ1v) is 4.28. The molecule has 0 spiro atoms. The molecule has 0 aromatic carbocycles. The first kappa shape index (κ1) is 13.0. The molecule has 0 heterocycles. The van der Waals surface area contributed by atoms with Crippen molar-refractivity contribution in [3.63, 3.8) is 0 Å². The van der Waals surface area contributed by atoms with Gasteiger partial charge >= 0.3 is 11.9 Å². The quantitative estimate of drug-likeness (QED) is 0.379. The summed E-state index contributed by atoms with van der Waals surface area (Å²) >= 11 is 0. The molecular weight excluding hydrogens is 194 g/mol. The van der Waals surface area contributed by atoms with Crippen molar-refractivity contribution in [2.45, 2.75) is 19.8 Å². The summed E-state index contributed by atoms with van der Waals surface area (Å²) in [5.74, 6) is -5.10. The molecule has 0 saturated heterocycles. The van der Waals surface area contributed by atoms with Crippen molar-refractivity contribution in [1.82, 2.24) is 0 Å². The van der Waals surface area contributed by atoms with Crippen LogP contribution in [0.25, 0.3) is 0 Å². The highest BCUT2D eigenvalue weighted by Crippen LogP contribution is 2.15. The van der Waals surface area contributed by atoms with E-state index in [4.69, 9.17) is 0 Å². The number of hydrogen-bond donors (Lipinski definition) is 0. The fourth-order valence-corrected chi connectivity index (χ4v) is 0.647. The third-order valence-corrected chi connectivity index (χ3v) is 1.31. The van der Waals surface area contributed by atoms with Crippen LogP contribution in [-0.2, 0) is 14.3 Å². The maximum absolute atomic E-state index is 12.8. The zero-order chi connectivity index (χ0) is 11.0. The Morgan fingerprint density at radius 3 is 2.64 bits per heavy atom. The van der Waals surface area contributed by atoms with Gasteiger partial charge in [0.15, 0.2) is 0 Å². The molecule has 0 N–H and O–H groups in total. The van der Waals surface area contributed by atoms with Crippen molar-refractivity contribution in [3.05, 3.63) is 12.2 Å². The van der Waals surface area contributed by atoms with Gasteiger partial charge in [0.05, 0.1) is 13.2 Å². The number of halogens is 2. The lowest BCUT2D eigenvalue weighted by molar-refractivity contribution is -0.179. The first-order chi connectivity index (χ1) is 6.54. The fraction of sp³-hybridized carbons (Fsp3) is 0.667. The molecule has 14 heavy (non-hydrogen) atoms. The van der Waals surface area contributed by atoms with Gasteiger partial charge in [-0.3, -0.25) is 0 Å². The average molecular weight is 208 g/mol. The molecule has 0 aromatic rings. The second kappa shape index (κ2) is 6.48. The van der Waals surface area contributed by atoms with Crippen LogP contribution in [0.15, 0.2) is 12.2 Å². The monoisotopic (exact) mass is 208 g/mol. The highest BCUT2D eigenvalue weighted by atomic mass is 19.3. The van der Waals surface area contributed by atoms with E-state index in [-0.39, 0.29) is 13.2 Å². The Hall–Kier alpha value is -0.970. The van der Waals surface area contributed by atoms with E-state index in [1.54, 1.807) is 19.1 Å². The lowest BCUT2D eigenvalue weighted by Gasteiger charge is -2.13. The fourth-order valence-electron chi connectivity index (χ4n) is 0.647. The predicted octanol–water partition coefficient (Wildman–Crippen LogP) is 1.78. The average Bonchev–Trinajstić information content (AvgIpc) is 2.13. The number of esters is 1. The van der Waals surface area contributed by atoms with Crippen LogP contribution in [-0.4, -0.2) is 31.7 Å². The summed E-state index contributed by atoms with van der Waals surface area (Å²) in [4.78, 5) is 10.7. The van der Waals surface area contributed by atoms with Crippen LogP contribution in [0.1, 0.15) is 13.8 Å². The van der Waals surface area contributed by atoms with E-state index in [1.165, 1.54) is 6.92 Å². The molecule has 0 saturated carbocycles. The van der Waals surface area contributed by atoms with Crippen molar-refractivity contribution < 1.29 is 23.0 Å². The van der Waals surface area contributed by atoms with Gasteiger partial charge in [-0.1, -0.05) is 12.2 Å². The molecule has 0 bridgehead atoms. The van der Waals surface area contributed by atoms with Crippen LogP contribution in [0.4, 0.5) is 8.78 Å². The zero-order valence-electron chi connectivity index (χ0n) is 8.26. The Kier molecular flexibility index (Phi) is 6.03. The molecule has 0 atom stereocenters. The standard InChI is InChI=1S/C9H14F2O3/c1-3-5-6-13-7-9(10,11)8(12)14-4-2/h3,5H,4,6-7H2,1-2H3/b5-3+. The van der Waals surface area contributed by atoms with Crippen LogP contribution in [0.2, 0.25) is 0 Å². The van der Waals surface area contributed by atoms with Gasteiger partial charge in [0.25, 0.3) is 0 Å². The van der Waals surface area contributed by atoms with E-state index in [1.807, 2.05) is 0 Å². The molecule has 0 unspecified atom stereocenters. The number of rotatable bonds is 6. The third kappa shape index (κ3) is 4.91. The minimum atomic E-state index is -3.56. The summed E-state index contributed by atoms with van der Waals surface area (Å²) in [6.45, 7) is 2.26. The van der Waals surface area contributed by atoms with Crippen LogP contribution >= 0.6 is 0 Å². The lowest BCUT2D eigenvalue weighted by Crippen LogP contribution is -2.35. The van der Waals surface area contributed by atoms with Gasteiger partial charge in [0.1, 0.15) is 6.61 Å². The summed E-state index contributed by atoms with van der Waals surface area (Å²) in [5, 5.41) is 0. The predicted molar refractivity (Wildman–Crippen MR) is 47.2 cm³/mol. The Bertz CT molecular complexity index is 202. The lowest BCUT2D eigenvalue weighted by atomic mass is 10.3. The highest BCUT2D eigenvalue weighted by molar-refractivity contribution is 5.77. The van der Waals surface area contributed by atoms with Crippen LogP contribution < -0.4 is 0 Å². The van der Waals surface area contributed by atoms with Gasteiger partial charge in [0.2, 0.25) is 0 Å². The molecule has 0 aliphatic carbocycles. The van der Waals surface area contributed by atoms with Gasteiger partial charge in [-0.2, -0.15) is 8.78 Å². The van der Waals surface area contributed by atoms with Crippen molar-refractivity contribution in [3.8, 4) is 0 Å². The number of carbonyl (C=O) groups is 1. The van der Waals surface area contributed by atoms with E-state index in [0.717, 1.165) is 0 Å². The van der Waals surface area contributed by atoms with Gasteiger partial charge in [0, 0.05) is 0 Å². The smallest absolute Gasteiger partial charge is 0.379 e. The molecule has 0 aliphatic heterocycles. The van der Waals surface area contributed by atoms with Crippen molar-refractivity contribution in [2.24, 2.45) is 0 Å². The summed E-state index contributed by atoms with van der Waals surface area (Å²) < 4.78 is 34.4. The first-order valence-electron chi connectivity index (χ1n) is 4.28. The van der Waals surface area contributed by atoms with Crippen LogP contribution in [0.5, 0.6) is 0 Å². The van der Waals surface area contributed by atoms with Crippen molar-refractivity contribution >= 4 is 5.97 Å². The Morgan fingerprint density at radius 1 is 1.50 bits per heavy atom. The van der Waals surface area contributed by atoms with E-state index in [9.17, 15) is 13.6 Å².